The van der Waals surface area contributed by atoms with Gasteiger partial charge in [0.2, 0.25) is 0 Å². The average Bonchev–Trinajstić information content (AvgIpc) is 3.12. The van der Waals surface area contributed by atoms with Gasteiger partial charge in [-0.15, -0.1) is 11.3 Å². The van der Waals surface area contributed by atoms with E-state index in [-0.39, 0.29) is 11.7 Å². The second kappa shape index (κ2) is 8.37. The second-order valence-electron chi connectivity index (χ2n) is 7.62. The van der Waals surface area contributed by atoms with Gasteiger partial charge in [0, 0.05) is 13.6 Å². The number of carbonyl (C=O) groups is 1. The Morgan fingerprint density at radius 1 is 1.29 bits per heavy atom. The first kappa shape index (κ1) is 19.0. The highest BCUT2D eigenvalue weighted by Gasteiger charge is 2.29. The minimum Gasteiger partial charge on any atom is -0.337 e. The molecule has 1 saturated heterocycles. The molecule has 28 heavy (non-hydrogen) atoms. The predicted octanol–water partition coefficient (Wildman–Crippen LogP) is 2.86. The number of nitrogens with one attached hydrogen (secondary N) is 1. The zero-order chi connectivity index (χ0) is 19.5. The molecule has 1 unspecified atom stereocenters. The molecule has 1 aliphatic heterocycles. The van der Waals surface area contributed by atoms with Crippen LogP contribution < -0.4 is 4.90 Å². The van der Waals surface area contributed by atoms with Crippen LogP contribution in [0.15, 0.2) is 48.5 Å². The van der Waals surface area contributed by atoms with Crippen LogP contribution >= 0.6 is 11.3 Å². The SMILES string of the molecule is CN(Cc1cccc(F)c1)C(=O)C[NH+]1CCC[C@@H](c2nc3ccccc3s2)C1. The first-order valence-corrected chi connectivity index (χ1v) is 10.6. The zero-order valence-corrected chi connectivity index (χ0v) is 16.8. The first-order chi connectivity index (χ1) is 13.6. The molecule has 0 bridgehead atoms. The molecule has 2 heterocycles. The molecule has 3 aromatic rings. The lowest BCUT2D eigenvalue weighted by atomic mass is 9.98. The molecule has 146 valence electrons. The van der Waals surface area contributed by atoms with Gasteiger partial charge >= 0.3 is 0 Å². The smallest absolute Gasteiger partial charge is 0.277 e. The van der Waals surface area contributed by atoms with Gasteiger partial charge in [0.05, 0.1) is 29.2 Å². The molecule has 1 amide bonds. The molecule has 2 atom stereocenters. The van der Waals surface area contributed by atoms with Crippen LogP contribution in [0.3, 0.4) is 0 Å². The van der Waals surface area contributed by atoms with Crippen molar-refractivity contribution in [2.75, 3.05) is 26.7 Å². The zero-order valence-electron chi connectivity index (χ0n) is 16.0. The van der Waals surface area contributed by atoms with E-state index >= 15 is 0 Å². The van der Waals surface area contributed by atoms with Crippen LogP contribution in [0.1, 0.15) is 29.3 Å². The molecule has 0 radical (unpaired) electrons. The van der Waals surface area contributed by atoms with Crippen LogP contribution in [-0.2, 0) is 11.3 Å². The number of nitrogens with zero attached hydrogens (tertiary/aromatic N) is 2. The summed E-state index contributed by atoms with van der Waals surface area (Å²) < 4.78 is 14.6. The number of likely N-dealkylation sites (N-methyl/N-ethyl adjacent to an activating group) is 1. The van der Waals surface area contributed by atoms with Crippen LogP contribution in [0.25, 0.3) is 10.2 Å². The number of aromatic nitrogens is 1. The average molecular weight is 399 g/mol. The summed E-state index contributed by atoms with van der Waals surface area (Å²) in [6.07, 6.45) is 2.24. The van der Waals surface area contributed by atoms with Crippen molar-refractivity contribution in [3.63, 3.8) is 0 Å². The third-order valence-corrected chi connectivity index (χ3v) is 6.61. The Morgan fingerprint density at radius 2 is 2.14 bits per heavy atom. The summed E-state index contributed by atoms with van der Waals surface area (Å²) in [5.74, 6) is 0.255. The number of carbonyl (C=O) groups excluding carboxylic acids is 1. The van der Waals surface area contributed by atoms with Crippen molar-refractivity contribution < 1.29 is 14.1 Å². The molecular weight excluding hydrogens is 373 g/mol. The fraction of sp³-hybridized carbons (Fsp3) is 0.364. The monoisotopic (exact) mass is 398 g/mol. The van der Waals surface area contributed by atoms with Gasteiger partial charge in [0.25, 0.3) is 5.91 Å². The van der Waals surface area contributed by atoms with Crippen molar-refractivity contribution in [1.29, 1.82) is 0 Å². The summed E-state index contributed by atoms with van der Waals surface area (Å²) in [6, 6.07) is 14.7. The van der Waals surface area contributed by atoms with E-state index in [9.17, 15) is 9.18 Å². The van der Waals surface area contributed by atoms with E-state index in [1.54, 1.807) is 29.4 Å². The Hall–Kier alpha value is -2.31. The third-order valence-electron chi connectivity index (χ3n) is 5.41. The molecule has 1 aliphatic rings. The van der Waals surface area contributed by atoms with Gasteiger partial charge < -0.3 is 9.80 Å². The normalized spacial score (nSPS) is 19.6. The van der Waals surface area contributed by atoms with Gasteiger partial charge in [-0.05, 0) is 42.7 Å². The number of halogens is 1. The number of benzene rings is 2. The summed E-state index contributed by atoms with van der Waals surface area (Å²) in [6.45, 7) is 2.87. The van der Waals surface area contributed by atoms with Crippen LogP contribution in [0.5, 0.6) is 0 Å². The fourth-order valence-corrected chi connectivity index (χ4v) is 5.04. The van der Waals surface area contributed by atoms with Crippen LogP contribution in [0.2, 0.25) is 0 Å². The molecular formula is C22H25FN3OS+. The van der Waals surface area contributed by atoms with Crippen molar-refractivity contribution in [2.45, 2.75) is 25.3 Å². The largest absolute Gasteiger partial charge is 0.337 e. The fourth-order valence-electron chi connectivity index (χ4n) is 3.93. The summed E-state index contributed by atoms with van der Waals surface area (Å²) >= 11 is 1.78. The number of para-hydroxylation sites is 1. The van der Waals surface area contributed by atoms with Crippen LogP contribution in [0, 0.1) is 5.82 Å². The predicted molar refractivity (Wildman–Crippen MR) is 110 cm³/mol. The third kappa shape index (κ3) is 4.39. The van der Waals surface area contributed by atoms with Gasteiger partial charge in [0.1, 0.15) is 10.8 Å². The number of rotatable bonds is 5. The maximum atomic E-state index is 13.4. The molecule has 4 nitrogen and oxygen atoms in total. The lowest BCUT2D eigenvalue weighted by molar-refractivity contribution is -0.898. The summed E-state index contributed by atoms with van der Waals surface area (Å²) in [4.78, 5) is 20.5. The van der Waals surface area contributed by atoms with Gasteiger partial charge in [0.15, 0.2) is 6.54 Å². The molecule has 1 N–H and O–H groups in total. The van der Waals surface area contributed by atoms with Gasteiger partial charge in [-0.1, -0.05) is 24.3 Å². The summed E-state index contributed by atoms with van der Waals surface area (Å²) in [5, 5.41) is 1.19. The maximum Gasteiger partial charge on any atom is 0.277 e. The lowest BCUT2D eigenvalue weighted by Gasteiger charge is -2.29. The lowest BCUT2D eigenvalue weighted by Crippen LogP contribution is -3.14. The Bertz CT molecular complexity index is 940. The standard InChI is InChI=1S/C22H24FN3OS/c1-25(13-16-6-4-8-18(23)12-16)21(27)15-26-11-5-7-17(14-26)22-24-19-9-2-3-10-20(19)28-22/h2-4,6,8-10,12,17H,5,7,11,13-15H2,1H3/p+1/t17-/m1/s1. The second-order valence-corrected chi connectivity index (χ2v) is 8.68. The first-order valence-electron chi connectivity index (χ1n) is 9.76. The van der Waals surface area contributed by atoms with Crippen molar-refractivity contribution >= 4 is 27.5 Å². The van der Waals surface area contributed by atoms with Crippen molar-refractivity contribution in [1.82, 2.24) is 9.88 Å². The van der Waals surface area contributed by atoms with E-state index in [1.165, 1.54) is 26.7 Å². The number of likely N-dealkylation sites (tertiary alicyclic amines) is 1. The number of thiazole rings is 1. The maximum absolute atomic E-state index is 13.4. The van der Waals surface area contributed by atoms with Gasteiger partial charge in [-0.3, -0.25) is 4.79 Å². The summed E-state index contributed by atoms with van der Waals surface area (Å²) in [5.41, 5.74) is 1.89. The summed E-state index contributed by atoms with van der Waals surface area (Å²) in [7, 11) is 1.79. The van der Waals surface area contributed by atoms with E-state index < -0.39 is 0 Å². The van der Waals surface area contributed by atoms with Crippen molar-refractivity contribution in [2.24, 2.45) is 0 Å². The molecule has 0 spiro atoms. The molecule has 1 fully saturated rings. The Morgan fingerprint density at radius 3 is 2.96 bits per heavy atom. The number of amides is 1. The van der Waals surface area contributed by atoms with Gasteiger partial charge in [-0.2, -0.15) is 0 Å². The minimum atomic E-state index is -0.265. The molecule has 2 aromatic carbocycles. The van der Waals surface area contributed by atoms with E-state index in [0.717, 1.165) is 37.0 Å². The van der Waals surface area contributed by atoms with Crippen molar-refractivity contribution in [3.8, 4) is 0 Å². The highest BCUT2D eigenvalue weighted by atomic mass is 32.1. The number of hydrogen-bond donors (Lipinski definition) is 1. The molecule has 0 aliphatic carbocycles. The van der Waals surface area contributed by atoms with Gasteiger partial charge in [-0.25, -0.2) is 9.37 Å². The van der Waals surface area contributed by atoms with E-state index in [2.05, 4.69) is 18.2 Å². The number of piperidine rings is 1. The Labute approximate surface area is 168 Å². The minimum absolute atomic E-state index is 0.101. The van der Waals surface area contributed by atoms with Crippen LogP contribution in [0.4, 0.5) is 4.39 Å². The highest BCUT2D eigenvalue weighted by Crippen LogP contribution is 2.30. The molecule has 6 heteroatoms. The Balaban J connectivity index is 1.37. The molecule has 4 rings (SSSR count). The number of fused-ring (bicyclic) bond motifs is 1. The van der Waals surface area contributed by atoms with Crippen molar-refractivity contribution in [3.05, 3.63) is 64.9 Å². The number of hydrogen-bond acceptors (Lipinski definition) is 3. The quantitative estimate of drug-likeness (QED) is 0.718. The van der Waals surface area contributed by atoms with E-state index in [0.29, 0.717) is 19.0 Å². The molecule has 1 aromatic heterocycles. The van der Waals surface area contributed by atoms with E-state index in [1.807, 2.05) is 12.1 Å². The van der Waals surface area contributed by atoms with E-state index in [4.69, 9.17) is 4.98 Å². The Kier molecular flexibility index (Phi) is 5.69. The molecule has 0 saturated carbocycles. The topological polar surface area (TPSA) is 37.6 Å². The highest BCUT2D eigenvalue weighted by molar-refractivity contribution is 7.18. The van der Waals surface area contributed by atoms with Crippen LogP contribution in [-0.4, -0.2) is 42.5 Å². The number of quaternary nitrogens is 1.